The van der Waals surface area contributed by atoms with Crippen LogP contribution in [0.1, 0.15) is 39.6 Å². The summed E-state index contributed by atoms with van der Waals surface area (Å²) < 4.78 is 83.5. The van der Waals surface area contributed by atoms with E-state index in [0.29, 0.717) is 5.75 Å². The number of rotatable bonds is 8. The van der Waals surface area contributed by atoms with Gasteiger partial charge in [0.15, 0.2) is 0 Å². The molecule has 0 aliphatic carbocycles. The number of amides is 2. The minimum atomic E-state index is -4.57. The van der Waals surface area contributed by atoms with Crippen LogP contribution in [0.15, 0.2) is 36.7 Å². The molecule has 1 saturated heterocycles. The van der Waals surface area contributed by atoms with Gasteiger partial charge in [0.05, 0.1) is 36.7 Å². The number of carbonyl (C=O) groups excluding carboxylic acids is 2. The first-order valence-electron chi connectivity index (χ1n) is 13.9. The number of nitrogens with zero attached hydrogens (tertiary/aromatic N) is 3. The van der Waals surface area contributed by atoms with Crippen LogP contribution in [-0.4, -0.2) is 85.0 Å². The molecule has 0 bridgehead atoms. The van der Waals surface area contributed by atoms with Gasteiger partial charge < -0.3 is 30.2 Å². The van der Waals surface area contributed by atoms with Gasteiger partial charge in [-0.3, -0.25) is 9.59 Å². The summed E-state index contributed by atoms with van der Waals surface area (Å²) in [5.41, 5.74) is 0.795. The minimum Gasteiger partial charge on any atom is -0.495 e. The Kier molecular flexibility index (Phi) is 10.2. The highest BCUT2D eigenvalue weighted by Gasteiger charge is 2.31. The average molecular weight is 639 g/mol. The second-order valence-electron chi connectivity index (χ2n) is 10.9. The smallest absolute Gasteiger partial charge is 0.406 e. The summed E-state index contributed by atoms with van der Waals surface area (Å²) in [4.78, 5) is 31.9. The van der Waals surface area contributed by atoms with Crippen LogP contribution in [0.4, 0.5) is 32.0 Å². The lowest BCUT2D eigenvalue weighted by Crippen LogP contribution is -2.48. The summed E-state index contributed by atoms with van der Waals surface area (Å²) in [5, 5.41) is 7.73. The third kappa shape index (κ3) is 9.04. The zero-order valence-corrected chi connectivity index (χ0v) is 24.7. The van der Waals surface area contributed by atoms with Crippen molar-refractivity contribution in [1.29, 1.82) is 0 Å². The van der Waals surface area contributed by atoms with Crippen molar-refractivity contribution in [2.45, 2.75) is 38.3 Å². The van der Waals surface area contributed by atoms with E-state index in [4.69, 9.17) is 4.74 Å². The molecule has 3 aromatic rings. The van der Waals surface area contributed by atoms with Gasteiger partial charge in [0.1, 0.15) is 24.4 Å². The van der Waals surface area contributed by atoms with Gasteiger partial charge in [0.2, 0.25) is 0 Å². The Balaban J connectivity index is 1.58. The number of anilines is 1. The molecule has 2 aromatic carbocycles. The number of aromatic nitrogens is 2. The van der Waals surface area contributed by atoms with Crippen LogP contribution in [0.3, 0.4) is 0 Å². The van der Waals surface area contributed by atoms with Crippen molar-refractivity contribution in [1.82, 2.24) is 25.1 Å². The van der Waals surface area contributed by atoms with E-state index in [1.165, 1.54) is 37.4 Å². The molecular formula is C30H32F6N6O3. The van der Waals surface area contributed by atoms with Crippen molar-refractivity contribution in [3.63, 3.8) is 0 Å². The van der Waals surface area contributed by atoms with Crippen molar-refractivity contribution in [2.75, 3.05) is 45.7 Å². The Labute approximate surface area is 255 Å². The van der Waals surface area contributed by atoms with Crippen LogP contribution in [0.5, 0.6) is 5.75 Å². The van der Waals surface area contributed by atoms with Gasteiger partial charge in [-0.1, -0.05) is 18.8 Å². The van der Waals surface area contributed by atoms with E-state index >= 15 is 0 Å². The van der Waals surface area contributed by atoms with Gasteiger partial charge in [-0.15, -0.1) is 0 Å². The lowest BCUT2D eigenvalue weighted by molar-refractivity contribution is -0.140. The van der Waals surface area contributed by atoms with E-state index in [-0.39, 0.29) is 51.9 Å². The van der Waals surface area contributed by atoms with Gasteiger partial charge in [0, 0.05) is 23.7 Å². The summed E-state index contributed by atoms with van der Waals surface area (Å²) >= 11 is 0. The molecule has 1 fully saturated rings. The third-order valence-electron chi connectivity index (χ3n) is 7.26. The van der Waals surface area contributed by atoms with E-state index in [9.17, 15) is 35.9 Å². The Morgan fingerprint density at radius 2 is 1.84 bits per heavy atom. The first kappa shape index (κ1) is 33.4. The zero-order chi connectivity index (χ0) is 32.9. The van der Waals surface area contributed by atoms with E-state index in [1.54, 1.807) is 5.32 Å². The predicted octanol–water partition coefficient (Wildman–Crippen LogP) is 4.43. The summed E-state index contributed by atoms with van der Waals surface area (Å²) in [5.74, 6) is 4.72. The molecule has 4 rings (SSSR count). The fourth-order valence-corrected chi connectivity index (χ4v) is 5.10. The molecule has 0 unspecified atom stereocenters. The molecule has 2 amide bonds. The fourth-order valence-electron chi connectivity index (χ4n) is 5.10. The molecule has 242 valence electrons. The van der Waals surface area contributed by atoms with Crippen molar-refractivity contribution in [3.05, 3.63) is 53.3 Å². The topological polar surface area (TPSA) is 101 Å². The second-order valence-corrected chi connectivity index (χ2v) is 10.9. The Hall–Kier alpha value is -4.45. The quantitative estimate of drug-likeness (QED) is 0.250. The minimum absolute atomic E-state index is 0.0432. The highest BCUT2D eigenvalue weighted by Crippen LogP contribution is 2.27. The van der Waals surface area contributed by atoms with Gasteiger partial charge in [-0.2, -0.15) is 26.3 Å². The maximum atomic E-state index is 13.4. The van der Waals surface area contributed by atoms with Crippen LogP contribution in [0.2, 0.25) is 0 Å². The third-order valence-corrected chi connectivity index (χ3v) is 7.26. The van der Waals surface area contributed by atoms with Crippen molar-refractivity contribution in [3.8, 4) is 17.6 Å². The largest absolute Gasteiger partial charge is 0.495 e. The molecular weight excluding hydrogens is 606 g/mol. The number of carbonyl (C=O) groups is 2. The maximum absolute atomic E-state index is 13.4. The molecule has 0 saturated carbocycles. The molecule has 1 aliphatic rings. The summed E-state index contributed by atoms with van der Waals surface area (Å²) in [6.07, 6.45) is -7.34. The van der Waals surface area contributed by atoms with Crippen molar-refractivity contribution < 1.29 is 40.7 Å². The van der Waals surface area contributed by atoms with Crippen LogP contribution < -0.4 is 20.7 Å². The first-order chi connectivity index (χ1) is 21.1. The number of ether oxygens (including phenoxy) is 1. The molecule has 0 radical (unpaired) electrons. The van der Waals surface area contributed by atoms with Gasteiger partial charge in [-0.05, 0) is 56.3 Å². The number of fused-ring (bicyclic) bond motifs is 1. The molecule has 3 N–H and O–H groups in total. The lowest BCUT2D eigenvalue weighted by atomic mass is 9.93. The Morgan fingerprint density at radius 1 is 1.09 bits per heavy atom. The molecule has 1 aromatic heterocycles. The molecule has 2 atom stereocenters. The standard InChI is InChI=1S/C30H32F6N6O3/c1-18-14-41(2)10-8-22(18)40-28(44)21-11-19(12-24-26(21)39-17-42(24)16-30(34,35)36)5-4-9-37-23-13-20(6-7-25(23)45-3)27(43)38-15-29(31,32)33/h6-7,11-13,17-18,22,37H,8-10,14-16H2,1-3H3,(H,38,43)(H,40,44)/t18-,22-/m0/s1. The van der Waals surface area contributed by atoms with Gasteiger partial charge >= 0.3 is 12.4 Å². The number of benzene rings is 2. The Morgan fingerprint density at radius 3 is 2.51 bits per heavy atom. The first-order valence-corrected chi connectivity index (χ1v) is 13.9. The number of nitrogens with one attached hydrogen (secondary N) is 3. The average Bonchev–Trinajstić information content (AvgIpc) is 3.35. The molecule has 9 nitrogen and oxygen atoms in total. The van der Waals surface area contributed by atoms with E-state index in [1.807, 2.05) is 14.0 Å². The molecule has 15 heteroatoms. The number of imidazole rings is 1. The fraction of sp³-hybridized carbons (Fsp3) is 0.433. The molecule has 0 spiro atoms. The molecule has 1 aliphatic heterocycles. The van der Waals surface area contributed by atoms with E-state index < -0.39 is 37.3 Å². The van der Waals surface area contributed by atoms with Crippen molar-refractivity contribution >= 4 is 28.5 Å². The van der Waals surface area contributed by atoms with Gasteiger partial charge in [-0.25, -0.2) is 4.98 Å². The maximum Gasteiger partial charge on any atom is 0.406 e. The zero-order valence-electron chi connectivity index (χ0n) is 24.7. The van der Waals surface area contributed by atoms with Crippen LogP contribution in [0, 0.1) is 17.8 Å². The van der Waals surface area contributed by atoms with E-state index in [2.05, 4.69) is 32.4 Å². The number of alkyl halides is 6. The highest BCUT2D eigenvalue weighted by atomic mass is 19.4. The van der Waals surface area contributed by atoms with Crippen LogP contribution >= 0.6 is 0 Å². The molecule has 45 heavy (non-hydrogen) atoms. The van der Waals surface area contributed by atoms with E-state index in [0.717, 1.165) is 30.4 Å². The number of halogens is 6. The number of piperidine rings is 1. The SMILES string of the molecule is COc1ccc(C(=O)NCC(F)(F)F)cc1NCC#Cc1cc(C(=O)N[C@H]2CCN(C)C[C@@H]2C)c2ncn(CC(F)(F)F)c2c1. The predicted molar refractivity (Wildman–Crippen MR) is 155 cm³/mol. The number of methoxy groups -OCH3 is 1. The van der Waals surface area contributed by atoms with Gasteiger partial charge in [0.25, 0.3) is 11.8 Å². The van der Waals surface area contributed by atoms with Crippen LogP contribution in [-0.2, 0) is 6.54 Å². The molecule has 2 heterocycles. The summed E-state index contributed by atoms with van der Waals surface area (Å²) in [6, 6.07) is 6.79. The van der Waals surface area contributed by atoms with Crippen LogP contribution in [0.25, 0.3) is 11.0 Å². The van der Waals surface area contributed by atoms with Crippen molar-refractivity contribution in [2.24, 2.45) is 5.92 Å². The summed E-state index contributed by atoms with van der Waals surface area (Å²) in [6.45, 7) is 0.749. The monoisotopic (exact) mass is 638 g/mol. The lowest BCUT2D eigenvalue weighted by Gasteiger charge is -2.35. The Bertz CT molecular complexity index is 1610. The normalized spacial score (nSPS) is 17.4. The number of hydrogen-bond donors (Lipinski definition) is 3. The number of hydrogen-bond acceptors (Lipinski definition) is 6. The summed E-state index contributed by atoms with van der Waals surface area (Å²) in [7, 11) is 3.36. The second kappa shape index (κ2) is 13.7. The highest BCUT2D eigenvalue weighted by molar-refractivity contribution is 6.05. The number of likely N-dealkylation sites (tertiary alicyclic amines) is 1.